The summed E-state index contributed by atoms with van der Waals surface area (Å²) in [5.74, 6) is -0.111. The van der Waals surface area contributed by atoms with Gasteiger partial charge in [-0.25, -0.2) is 4.98 Å². The molecule has 0 fully saturated rings. The maximum Gasteiger partial charge on any atom is 0.261 e. The minimum atomic E-state index is -0.571. The molecule has 1 aliphatic heterocycles. The first-order valence-electron chi connectivity index (χ1n) is 10.5. The molecular weight excluding hydrogens is 424 g/mol. The third-order valence-corrected chi connectivity index (χ3v) is 5.98. The van der Waals surface area contributed by atoms with Crippen molar-refractivity contribution in [2.75, 3.05) is 6.54 Å². The number of H-pyrrole nitrogens is 1. The highest BCUT2D eigenvalue weighted by Gasteiger charge is 2.34. The number of carbonyl (C=O) groups excluding carboxylic acids is 3. The number of hydrogen-bond donors (Lipinski definition) is 3. The number of amides is 3. The van der Waals surface area contributed by atoms with Gasteiger partial charge in [0.05, 0.1) is 22.4 Å². The fourth-order valence-electron chi connectivity index (χ4n) is 3.82. The first-order chi connectivity index (χ1) is 15.5. The summed E-state index contributed by atoms with van der Waals surface area (Å²) >= 11 is 4.46. The molecule has 2 atom stereocenters. The molecular formula is C24H24N4O3S. The predicted octanol–water partition coefficient (Wildman–Crippen LogP) is 3.18. The van der Waals surface area contributed by atoms with Crippen LogP contribution in [0.5, 0.6) is 0 Å². The number of hydrogen-bond acceptors (Lipinski definition) is 5. The Hall–Kier alpha value is -3.39. The van der Waals surface area contributed by atoms with Crippen LogP contribution in [0.2, 0.25) is 0 Å². The summed E-state index contributed by atoms with van der Waals surface area (Å²) in [6.07, 6.45) is 4.88. The molecule has 0 saturated carbocycles. The maximum atomic E-state index is 12.8. The molecule has 164 valence electrons. The molecule has 32 heavy (non-hydrogen) atoms. The van der Waals surface area contributed by atoms with Crippen molar-refractivity contribution in [1.82, 2.24) is 20.2 Å². The predicted molar refractivity (Wildman–Crippen MR) is 123 cm³/mol. The van der Waals surface area contributed by atoms with E-state index in [1.54, 1.807) is 36.7 Å². The Labute approximate surface area is 191 Å². The van der Waals surface area contributed by atoms with Crippen molar-refractivity contribution >= 4 is 30.4 Å². The first kappa shape index (κ1) is 21.8. The molecule has 7 nitrogen and oxygen atoms in total. The fraction of sp³-hybridized carbons (Fsp3) is 0.250. The number of nitrogens with one attached hydrogen (secondary N) is 2. The summed E-state index contributed by atoms with van der Waals surface area (Å²) in [4.78, 5) is 46.3. The summed E-state index contributed by atoms with van der Waals surface area (Å²) in [5.41, 5.74) is 1.94. The molecule has 3 amide bonds. The number of imidazole rings is 1. The van der Waals surface area contributed by atoms with Crippen molar-refractivity contribution in [3.8, 4) is 0 Å². The van der Waals surface area contributed by atoms with Crippen LogP contribution in [-0.2, 0) is 11.2 Å². The molecule has 2 heterocycles. The molecule has 0 spiro atoms. The third kappa shape index (κ3) is 4.75. The van der Waals surface area contributed by atoms with Gasteiger partial charge in [0, 0.05) is 18.9 Å². The zero-order valence-electron chi connectivity index (χ0n) is 17.4. The average Bonchev–Trinajstić information content (AvgIpc) is 3.43. The topological polar surface area (TPSA) is 95.2 Å². The van der Waals surface area contributed by atoms with E-state index in [1.165, 1.54) is 4.90 Å². The van der Waals surface area contributed by atoms with Crippen LogP contribution >= 0.6 is 12.6 Å². The molecule has 2 aromatic carbocycles. The molecule has 3 aromatic rings. The monoisotopic (exact) mass is 448 g/mol. The van der Waals surface area contributed by atoms with Crippen molar-refractivity contribution in [1.29, 1.82) is 0 Å². The lowest BCUT2D eigenvalue weighted by Gasteiger charge is -2.20. The summed E-state index contributed by atoms with van der Waals surface area (Å²) in [5, 5.41) is 2.45. The minimum Gasteiger partial charge on any atom is -0.347 e. The van der Waals surface area contributed by atoms with Crippen LogP contribution in [-0.4, -0.2) is 44.4 Å². The summed E-state index contributed by atoms with van der Waals surface area (Å²) < 4.78 is 0. The number of rotatable bonds is 9. The van der Waals surface area contributed by atoms with Crippen molar-refractivity contribution in [3.63, 3.8) is 0 Å². The fourth-order valence-corrected chi connectivity index (χ4v) is 4.07. The molecule has 0 bridgehead atoms. The van der Waals surface area contributed by atoms with Crippen molar-refractivity contribution in [2.24, 2.45) is 0 Å². The van der Waals surface area contributed by atoms with E-state index >= 15 is 0 Å². The second kappa shape index (κ2) is 9.82. The molecule has 0 saturated heterocycles. The summed E-state index contributed by atoms with van der Waals surface area (Å²) in [6, 6.07) is 16.4. The van der Waals surface area contributed by atoms with Crippen LogP contribution in [0.1, 0.15) is 51.0 Å². The van der Waals surface area contributed by atoms with Crippen LogP contribution in [0.4, 0.5) is 0 Å². The van der Waals surface area contributed by atoms with Gasteiger partial charge in [-0.3, -0.25) is 19.3 Å². The Bertz CT molecular complexity index is 1070. The largest absolute Gasteiger partial charge is 0.347 e. The third-order valence-electron chi connectivity index (χ3n) is 5.49. The highest BCUT2D eigenvalue weighted by Crippen LogP contribution is 2.23. The maximum absolute atomic E-state index is 12.8. The molecule has 1 aromatic heterocycles. The van der Waals surface area contributed by atoms with Gasteiger partial charge in [-0.2, -0.15) is 12.6 Å². The first-order valence-corrected chi connectivity index (χ1v) is 11.0. The van der Waals surface area contributed by atoms with Crippen LogP contribution in [0.3, 0.4) is 0 Å². The van der Waals surface area contributed by atoms with Gasteiger partial charge in [0.25, 0.3) is 11.8 Å². The van der Waals surface area contributed by atoms with E-state index in [0.29, 0.717) is 36.2 Å². The van der Waals surface area contributed by atoms with Gasteiger partial charge in [0.2, 0.25) is 5.91 Å². The van der Waals surface area contributed by atoms with Gasteiger partial charge in [-0.15, -0.1) is 0 Å². The molecule has 8 heteroatoms. The Morgan fingerprint density at radius 2 is 1.69 bits per heavy atom. The second-order valence-corrected chi connectivity index (χ2v) is 8.31. The van der Waals surface area contributed by atoms with Gasteiger partial charge in [0.1, 0.15) is 5.82 Å². The normalized spacial score (nSPS) is 14.8. The smallest absolute Gasteiger partial charge is 0.261 e. The van der Waals surface area contributed by atoms with Gasteiger partial charge in [-0.05, 0) is 37.0 Å². The zero-order valence-corrected chi connectivity index (χ0v) is 18.3. The summed E-state index contributed by atoms with van der Waals surface area (Å²) in [6.45, 7) is 0.252. The highest BCUT2D eigenvalue weighted by molar-refractivity contribution is 7.81. The lowest BCUT2D eigenvalue weighted by molar-refractivity contribution is -0.121. The van der Waals surface area contributed by atoms with E-state index < -0.39 is 5.25 Å². The van der Waals surface area contributed by atoms with Gasteiger partial charge >= 0.3 is 0 Å². The zero-order chi connectivity index (χ0) is 22.5. The van der Waals surface area contributed by atoms with Crippen molar-refractivity contribution < 1.29 is 14.4 Å². The van der Waals surface area contributed by atoms with Gasteiger partial charge in [-0.1, -0.05) is 42.5 Å². The molecule has 4 rings (SSSR count). The molecule has 0 unspecified atom stereocenters. The number of fused-ring (bicyclic) bond motifs is 1. The van der Waals surface area contributed by atoms with Gasteiger partial charge < -0.3 is 10.3 Å². The van der Waals surface area contributed by atoms with Crippen molar-refractivity contribution in [3.05, 3.63) is 89.5 Å². The molecule has 2 N–H and O–H groups in total. The Balaban J connectivity index is 1.32. The van der Waals surface area contributed by atoms with Crippen LogP contribution in [0, 0.1) is 0 Å². The quantitative estimate of drug-likeness (QED) is 0.346. The molecule has 0 radical (unpaired) electrons. The molecule has 1 aliphatic rings. The SMILES string of the molecule is O=C(N[C@@H](Cc1ccccc1)c1ncc[nH]1)[C@@H](S)CCCN1C(=O)c2ccccc2C1=O. The van der Waals surface area contributed by atoms with E-state index in [2.05, 4.69) is 27.9 Å². The number of aromatic nitrogens is 2. The van der Waals surface area contributed by atoms with Crippen molar-refractivity contribution in [2.45, 2.75) is 30.6 Å². The summed E-state index contributed by atoms with van der Waals surface area (Å²) in [7, 11) is 0. The number of aromatic amines is 1. The minimum absolute atomic E-state index is 0.215. The number of carbonyl (C=O) groups is 3. The van der Waals surface area contributed by atoms with Crippen LogP contribution in [0.25, 0.3) is 0 Å². The number of benzene rings is 2. The second-order valence-electron chi connectivity index (χ2n) is 7.69. The lowest BCUT2D eigenvalue weighted by atomic mass is 10.0. The van der Waals surface area contributed by atoms with E-state index in [9.17, 15) is 14.4 Å². The van der Waals surface area contributed by atoms with E-state index in [4.69, 9.17) is 0 Å². The number of imide groups is 1. The molecule has 0 aliphatic carbocycles. The number of thiol groups is 1. The Morgan fingerprint density at radius 3 is 2.31 bits per heavy atom. The van der Waals surface area contributed by atoms with E-state index in [1.807, 2.05) is 30.3 Å². The van der Waals surface area contributed by atoms with Gasteiger partial charge in [0.15, 0.2) is 0 Å². The van der Waals surface area contributed by atoms with Crippen LogP contribution in [0.15, 0.2) is 67.0 Å². The lowest BCUT2D eigenvalue weighted by Crippen LogP contribution is -2.37. The average molecular weight is 449 g/mol. The van der Waals surface area contributed by atoms with Crippen LogP contribution < -0.4 is 5.32 Å². The van der Waals surface area contributed by atoms with E-state index in [0.717, 1.165) is 5.56 Å². The Morgan fingerprint density at radius 1 is 1.03 bits per heavy atom. The van der Waals surface area contributed by atoms with E-state index in [-0.39, 0.29) is 30.3 Å². The number of nitrogens with zero attached hydrogens (tertiary/aromatic N) is 2. The highest BCUT2D eigenvalue weighted by atomic mass is 32.1. The standard InChI is InChI=1S/C24H24N4O3S/c29-22(27-19(21-25-12-13-26-21)15-16-7-2-1-3-8-16)20(32)11-6-14-28-23(30)17-9-4-5-10-18(17)24(28)31/h1-5,7-10,12-13,19-20,32H,6,11,14-15H2,(H,25,26)(H,27,29)/t19-,20-/m0/s1. The Kier molecular flexibility index (Phi) is 6.70.